The minimum Gasteiger partial charge on any atom is -0.468 e. The third-order valence-electron chi connectivity index (χ3n) is 5.55. The highest BCUT2D eigenvalue weighted by atomic mass is 32.2. The maximum absolute atomic E-state index is 12.6. The molecule has 166 valence electrons. The first-order valence-corrected chi connectivity index (χ1v) is 12.3. The summed E-state index contributed by atoms with van der Waals surface area (Å²) in [5.74, 6) is -0.224. The monoisotopic (exact) mass is 430 g/mol. The Morgan fingerprint density at radius 2 is 1.67 bits per heavy atom. The smallest absolute Gasteiger partial charge is 0.323 e. The molecule has 2 rings (SSSR count). The summed E-state index contributed by atoms with van der Waals surface area (Å²) >= 11 is 1.46. The van der Waals surface area contributed by atoms with Crippen molar-refractivity contribution in [2.45, 2.75) is 88.0 Å². The van der Waals surface area contributed by atoms with Gasteiger partial charge in [0.05, 0.1) is 7.11 Å². The van der Waals surface area contributed by atoms with Crippen LogP contribution in [0.4, 0.5) is 0 Å². The number of aryl methyl sites for hydroxylation is 2. The van der Waals surface area contributed by atoms with Gasteiger partial charge in [-0.2, -0.15) is 0 Å². The van der Waals surface area contributed by atoms with Gasteiger partial charge < -0.3 is 9.30 Å². The molecule has 4 nitrogen and oxygen atoms in total. The van der Waals surface area contributed by atoms with Gasteiger partial charge in [0.15, 0.2) is 5.16 Å². The van der Waals surface area contributed by atoms with E-state index in [1.807, 2.05) is 23.9 Å². The number of imidazole rings is 1. The molecule has 0 aliphatic rings. The third kappa shape index (κ3) is 8.17. The van der Waals surface area contributed by atoms with E-state index in [0.717, 1.165) is 23.6 Å². The molecule has 30 heavy (non-hydrogen) atoms. The Hall–Kier alpha value is -1.75. The fourth-order valence-corrected chi connectivity index (χ4v) is 4.85. The minimum atomic E-state index is -0.393. The normalized spacial score (nSPS) is 12.1. The Balaban J connectivity index is 1.86. The zero-order valence-corrected chi connectivity index (χ0v) is 19.8. The van der Waals surface area contributed by atoms with Crippen LogP contribution in [0.3, 0.4) is 0 Å². The van der Waals surface area contributed by atoms with Crippen LogP contribution in [0.25, 0.3) is 0 Å². The van der Waals surface area contributed by atoms with Crippen molar-refractivity contribution < 1.29 is 9.53 Å². The average molecular weight is 431 g/mol. The number of hydrogen-bond donors (Lipinski definition) is 0. The van der Waals surface area contributed by atoms with Gasteiger partial charge in [-0.1, -0.05) is 101 Å². The topological polar surface area (TPSA) is 44.1 Å². The standard InChI is InChI=1S/C25H38N2O2S/c1-4-5-6-7-8-9-10-11-12-13-16-21-17-14-15-18-22(21)23(24(28)29-3)30-25-26-19-20-27(25)2/h14-15,17-20,23H,4-13,16H2,1-3H3. The molecule has 0 aliphatic heterocycles. The molecule has 1 aromatic carbocycles. The molecule has 0 saturated heterocycles. The molecule has 0 amide bonds. The lowest BCUT2D eigenvalue weighted by molar-refractivity contribution is -0.140. The SMILES string of the molecule is CCCCCCCCCCCCc1ccccc1C(Sc1nccn1C)C(=O)OC. The van der Waals surface area contributed by atoms with E-state index in [-0.39, 0.29) is 5.97 Å². The second-order valence-corrected chi connectivity index (χ2v) is 9.04. The molecule has 1 aromatic heterocycles. The lowest BCUT2D eigenvalue weighted by atomic mass is 9.98. The van der Waals surface area contributed by atoms with Crippen LogP contribution < -0.4 is 0 Å². The van der Waals surface area contributed by atoms with E-state index < -0.39 is 5.25 Å². The van der Waals surface area contributed by atoms with Crippen molar-refractivity contribution in [3.63, 3.8) is 0 Å². The van der Waals surface area contributed by atoms with Crippen LogP contribution in [0.1, 0.15) is 87.5 Å². The van der Waals surface area contributed by atoms with E-state index in [2.05, 4.69) is 30.1 Å². The first kappa shape index (κ1) is 24.5. The van der Waals surface area contributed by atoms with Gasteiger partial charge in [-0.3, -0.25) is 4.79 Å². The number of carbonyl (C=O) groups excluding carboxylic acids is 1. The zero-order valence-electron chi connectivity index (χ0n) is 18.9. The number of hydrogen-bond acceptors (Lipinski definition) is 4. The Bertz CT molecular complexity index is 744. The maximum Gasteiger partial charge on any atom is 0.323 e. The fraction of sp³-hybridized carbons (Fsp3) is 0.600. The lowest BCUT2D eigenvalue weighted by Gasteiger charge is -2.18. The van der Waals surface area contributed by atoms with E-state index in [1.165, 1.54) is 82.2 Å². The van der Waals surface area contributed by atoms with Gasteiger partial charge in [0.1, 0.15) is 5.25 Å². The molecule has 0 spiro atoms. The van der Waals surface area contributed by atoms with Crippen LogP contribution in [0.15, 0.2) is 41.8 Å². The number of benzene rings is 1. The van der Waals surface area contributed by atoms with Gasteiger partial charge in [0.25, 0.3) is 0 Å². The van der Waals surface area contributed by atoms with Crippen LogP contribution in [0.5, 0.6) is 0 Å². The third-order valence-corrected chi connectivity index (χ3v) is 6.84. The molecular formula is C25H38N2O2S. The quantitative estimate of drug-likeness (QED) is 0.175. The predicted molar refractivity (Wildman–Crippen MR) is 126 cm³/mol. The second kappa shape index (κ2) is 14.3. The summed E-state index contributed by atoms with van der Waals surface area (Å²) in [6, 6.07) is 8.28. The van der Waals surface area contributed by atoms with Crippen LogP contribution in [-0.4, -0.2) is 22.6 Å². The van der Waals surface area contributed by atoms with E-state index in [9.17, 15) is 4.79 Å². The fourth-order valence-electron chi connectivity index (χ4n) is 3.74. The maximum atomic E-state index is 12.6. The summed E-state index contributed by atoms with van der Waals surface area (Å²) in [7, 11) is 3.40. The number of thioether (sulfide) groups is 1. The van der Waals surface area contributed by atoms with Gasteiger partial charge in [-0.15, -0.1) is 0 Å². The highest BCUT2D eigenvalue weighted by molar-refractivity contribution is 8.00. The molecule has 5 heteroatoms. The minimum absolute atomic E-state index is 0.224. The summed E-state index contributed by atoms with van der Waals surface area (Å²) in [6.07, 6.45) is 17.9. The van der Waals surface area contributed by atoms with Crippen LogP contribution in [0, 0.1) is 0 Å². The average Bonchev–Trinajstić information content (AvgIpc) is 3.17. The van der Waals surface area contributed by atoms with Crippen molar-refractivity contribution >= 4 is 17.7 Å². The summed E-state index contributed by atoms with van der Waals surface area (Å²) in [6.45, 7) is 2.27. The van der Waals surface area contributed by atoms with Crippen molar-refractivity contribution in [1.82, 2.24) is 9.55 Å². The zero-order chi connectivity index (χ0) is 21.6. The van der Waals surface area contributed by atoms with Crippen molar-refractivity contribution in [3.8, 4) is 0 Å². The number of ether oxygens (including phenoxy) is 1. The molecule has 0 bridgehead atoms. The molecule has 0 N–H and O–H groups in total. The van der Waals surface area contributed by atoms with Crippen LogP contribution >= 0.6 is 11.8 Å². The molecule has 1 atom stereocenters. The molecule has 0 fully saturated rings. The summed E-state index contributed by atoms with van der Waals surface area (Å²) in [4.78, 5) is 16.9. The summed E-state index contributed by atoms with van der Waals surface area (Å²) in [5, 5.41) is 0.426. The molecule has 1 heterocycles. The number of methoxy groups -OCH3 is 1. The van der Waals surface area contributed by atoms with Crippen molar-refractivity contribution in [3.05, 3.63) is 47.8 Å². The van der Waals surface area contributed by atoms with Gasteiger partial charge in [0, 0.05) is 19.4 Å². The predicted octanol–water partition coefficient (Wildman–Crippen LogP) is 6.89. The van der Waals surface area contributed by atoms with Crippen molar-refractivity contribution in [1.29, 1.82) is 0 Å². The largest absolute Gasteiger partial charge is 0.468 e. The van der Waals surface area contributed by atoms with E-state index in [4.69, 9.17) is 4.74 Å². The first-order chi connectivity index (χ1) is 14.7. The van der Waals surface area contributed by atoms with Crippen molar-refractivity contribution in [2.75, 3.05) is 7.11 Å². The summed E-state index contributed by atoms with van der Waals surface area (Å²) in [5.41, 5.74) is 2.29. The highest BCUT2D eigenvalue weighted by Gasteiger charge is 2.26. The molecule has 0 saturated carbocycles. The number of nitrogens with zero attached hydrogens (tertiary/aromatic N) is 2. The molecular weight excluding hydrogens is 392 g/mol. The van der Waals surface area contributed by atoms with Crippen LogP contribution in [0.2, 0.25) is 0 Å². The molecule has 1 unspecified atom stereocenters. The molecule has 0 aliphatic carbocycles. The van der Waals surface area contributed by atoms with Gasteiger partial charge >= 0.3 is 5.97 Å². The Labute approximate surface area is 186 Å². The van der Waals surface area contributed by atoms with Gasteiger partial charge in [-0.05, 0) is 24.0 Å². The molecule has 2 aromatic rings. The summed E-state index contributed by atoms with van der Waals surface area (Å²) < 4.78 is 7.05. The highest BCUT2D eigenvalue weighted by Crippen LogP contribution is 2.37. The van der Waals surface area contributed by atoms with E-state index in [0.29, 0.717) is 0 Å². The van der Waals surface area contributed by atoms with Gasteiger partial charge in [0.2, 0.25) is 0 Å². The van der Waals surface area contributed by atoms with E-state index in [1.54, 1.807) is 6.20 Å². The number of unbranched alkanes of at least 4 members (excludes halogenated alkanes) is 9. The first-order valence-electron chi connectivity index (χ1n) is 11.5. The number of carbonyl (C=O) groups is 1. The Morgan fingerprint density at radius 3 is 2.27 bits per heavy atom. The number of aromatic nitrogens is 2. The number of esters is 1. The number of rotatable bonds is 15. The Morgan fingerprint density at radius 1 is 1.03 bits per heavy atom. The van der Waals surface area contributed by atoms with Crippen molar-refractivity contribution in [2.24, 2.45) is 7.05 Å². The van der Waals surface area contributed by atoms with Crippen LogP contribution in [-0.2, 0) is 23.0 Å². The Kier molecular flexibility index (Phi) is 11.7. The lowest BCUT2D eigenvalue weighted by Crippen LogP contribution is -2.14. The second-order valence-electron chi connectivity index (χ2n) is 7.97. The van der Waals surface area contributed by atoms with E-state index >= 15 is 0 Å². The molecule has 0 radical (unpaired) electrons. The van der Waals surface area contributed by atoms with Gasteiger partial charge in [-0.25, -0.2) is 4.98 Å².